The van der Waals surface area contributed by atoms with Crippen LogP contribution in [0.25, 0.3) is 0 Å². The fraction of sp³-hybridized carbons (Fsp3) is 0.857. The SMILES string of the molecule is C1=CC2(CCNCC2)CCC1N1CCOCC1. The molecule has 96 valence electrons. The molecule has 0 saturated carbocycles. The molecule has 1 unspecified atom stereocenters. The monoisotopic (exact) mass is 236 g/mol. The highest BCUT2D eigenvalue weighted by Gasteiger charge is 2.34. The van der Waals surface area contributed by atoms with Crippen LogP contribution in [0.15, 0.2) is 12.2 Å². The molecule has 17 heavy (non-hydrogen) atoms. The fourth-order valence-corrected chi connectivity index (χ4v) is 3.48. The van der Waals surface area contributed by atoms with Crippen molar-refractivity contribution >= 4 is 0 Å². The van der Waals surface area contributed by atoms with Crippen LogP contribution in [0.4, 0.5) is 0 Å². The molecule has 3 rings (SSSR count). The molecule has 0 aromatic carbocycles. The standard InChI is InChI=1S/C14H24N2O/c1-3-14(5-7-15-8-6-14)4-2-13(1)16-9-11-17-12-10-16/h1,3,13,15H,2,4-12H2. The summed E-state index contributed by atoms with van der Waals surface area (Å²) in [7, 11) is 0. The molecule has 0 aromatic heterocycles. The van der Waals surface area contributed by atoms with Crippen molar-refractivity contribution in [2.45, 2.75) is 31.7 Å². The second kappa shape index (κ2) is 5.09. The van der Waals surface area contributed by atoms with E-state index in [0.29, 0.717) is 11.5 Å². The summed E-state index contributed by atoms with van der Waals surface area (Å²) in [5.74, 6) is 0. The van der Waals surface area contributed by atoms with Crippen molar-refractivity contribution in [3.63, 3.8) is 0 Å². The van der Waals surface area contributed by atoms with E-state index in [-0.39, 0.29) is 0 Å². The van der Waals surface area contributed by atoms with E-state index in [1.54, 1.807) is 0 Å². The zero-order chi connectivity index (χ0) is 11.6. The maximum absolute atomic E-state index is 5.43. The van der Waals surface area contributed by atoms with Crippen LogP contribution in [0.2, 0.25) is 0 Å². The highest BCUT2D eigenvalue weighted by Crippen LogP contribution is 2.39. The van der Waals surface area contributed by atoms with E-state index in [1.165, 1.54) is 38.8 Å². The van der Waals surface area contributed by atoms with Gasteiger partial charge in [0.05, 0.1) is 13.2 Å². The molecule has 2 heterocycles. The lowest BCUT2D eigenvalue weighted by atomic mass is 9.71. The first-order valence-electron chi connectivity index (χ1n) is 7.10. The average molecular weight is 236 g/mol. The van der Waals surface area contributed by atoms with Gasteiger partial charge in [-0.3, -0.25) is 4.90 Å². The Morgan fingerprint density at radius 3 is 2.53 bits per heavy atom. The molecule has 1 spiro atoms. The van der Waals surface area contributed by atoms with Gasteiger partial charge in [0.25, 0.3) is 0 Å². The lowest BCUT2D eigenvalue weighted by Gasteiger charge is -2.42. The molecule has 3 nitrogen and oxygen atoms in total. The number of hydrogen-bond acceptors (Lipinski definition) is 3. The Bertz CT molecular complexity index is 278. The molecule has 2 aliphatic heterocycles. The average Bonchev–Trinajstić information content (AvgIpc) is 2.42. The van der Waals surface area contributed by atoms with E-state index < -0.39 is 0 Å². The van der Waals surface area contributed by atoms with Crippen LogP contribution in [-0.4, -0.2) is 50.3 Å². The number of morpholine rings is 1. The molecule has 2 saturated heterocycles. The van der Waals surface area contributed by atoms with Crippen molar-refractivity contribution in [2.75, 3.05) is 39.4 Å². The lowest BCUT2D eigenvalue weighted by Crippen LogP contribution is -2.45. The summed E-state index contributed by atoms with van der Waals surface area (Å²) in [6.45, 7) is 6.46. The molecular formula is C14H24N2O. The first kappa shape index (κ1) is 11.7. The van der Waals surface area contributed by atoms with Crippen LogP contribution >= 0.6 is 0 Å². The zero-order valence-corrected chi connectivity index (χ0v) is 10.7. The summed E-state index contributed by atoms with van der Waals surface area (Å²) in [6.07, 6.45) is 10.4. The molecule has 1 aliphatic carbocycles. The van der Waals surface area contributed by atoms with Crippen LogP contribution in [0, 0.1) is 5.41 Å². The van der Waals surface area contributed by atoms with E-state index in [9.17, 15) is 0 Å². The minimum absolute atomic E-state index is 0.536. The number of ether oxygens (including phenoxy) is 1. The first-order valence-corrected chi connectivity index (χ1v) is 7.10. The molecular weight excluding hydrogens is 212 g/mol. The van der Waals surface area contributed by atoms with Crippen molar-refractivity contribution in [1.82, 2.24) is 10.2 Å². The minimum atomic E-state index is 0.536. The predicted molar refractivity (Wildman–Crippen MR) is 69.1 cm³/mol. The van der Waals surface area contributed by atoms with Gasteiger partial charge in [-0.1, -0.05) is 12.2 Å². The summed E-state index contributed by atoms with van der Waals surface area (Å²) in [6, 6.07) is 0.680. The van der Waals surface area contributed by atoms with E-state index >= 15 is 0 Å². The Balaban J connectivity index is 1.61. The Labute approximate surface area is 104 Å². The Morgan fingerprint density at radius 2 is 1.88 bits per heavy atom. The Morgan fingerprint density at radius 1 is 1.12 bits per heavy atom. The van der Waals surface area contributed by atoms with Gasteiger partial charge in [0, 0.05) is 19.1 Å². The van der Waals surface area contributed by atoms with Crippen LogP contribution in [-0.2, 0) is 4.74 Å². The third kappa shape index (κ3) is 2.56. The van der Waals surface area contributed by atoms with Crippen LogP contribution in [0.3, 0.4) is 0 Å². The highest BCUT2D eigenvalue weighted by molar-refractivity contribution is 5.11. The van der Waals surface area contributed by atoms with E-state index in [1.807, 2.05) is 0 Å². The maximum atomic E-state index is 5.43. The van der Waals surface area contributed by atoms with Crippen molar-refractivity contribution in [1.29, 1.82) is 0 Å². The molecule has 1 N–H and O–H groups in total. The molecule has 0 bridgehead atoms. The highest BCUT2D eigenvalue weighted by atomic mass is 16.5. The van der Waals surface area contributed by atoms with Gasteiger partial charge >= 0.3 is 0 Å². The number of hydrogen-bond donors (Lipinski definition) is 1. The quantitative estimate of drug-likeness (QED) is 0.697. The van der Waals surface area contributed by atoms with Crippen molar-refractivity contribution in [3.05, 3.63) is 12.2 Å². The lowest BCUT2D eigenvalue weighted by molar-refractivity contribution is 0.0194. The van der Waals surface area contributed by atoms with Crippen molar-refractivity contribution < 1.29 is 4.74 Å². The number of piperidine rings is 1. The van der Waals surface area contributed by atoms with Gasteiger partial charge in [-0.15, -0.1) is 0 Å². The fourth-order valence-electron chi connectivity index (χ4n) is 3.48. The number of nitrogens with one attached hydrogen (secondary N) is 1. The summed E-state index contributed by atoms with van der Waals surface area (Å²) >= 11 is 0. The van der Waals surface area contributed by atoms with Gasteiger partial charge in [-0.05, 0) is 44.2 Å². The largest absolute Gasteiger partial charge is 0.379 e. The molecule has 0 radical (unpaired) electrons. The molecule has 1 atom stereocenters. The topological polar surface area (TPSA) is 24.5 Å². The maximum Gasteiger partial charge on any atom is 0.0594 e. The summed E-state index contributed by atoms with van der Waals surface area (Å²) in [5.41, 5.74) is 0.536. The molecule has 0 amide bonds. The van der Waals surface area contributed by atoms with Crippen LogP contribution < -0.4 is 5.32 Å². The third-order valence-electron chi connectivity index (χ3n) is 4.72. The smallest absolute Gasteiger partial charge is 0.0594 e. The van der Waals surface area contributed by atoms with Crippen molar-refractivity contribution in [3.8, 4) is 0 Å². The summed E-state index contributed by atoms with van der Waals surface area (Å²) in [5, 5.41) is 3.47. The Kier molecular flexibility index (Phi) is 3.50. The number of allylic oxidation sites excluding steroid dienone is 1. The first-order chi connectivity index (χ1) is 8.38. The zero-order valence-electron chi connectivity index (χ0n) is 10.7. The number of nitrogens with zero attached hydrogens (tertiary/aromatic N) is 1. The van der Waals surface area contributed by atoms with Gasteiger partial charge in [0.15, 0.2) is 0 Å². The van der Waals surface area contributed by atoms with E-state index in [2.05, 4.69) is 22.4 Å². The van der Waals surface area contributed by atoms with E-state index in [4.69, 9.17) is 4.74 Å². The third-order valence-corrected chi connectivity index (χ3v) is 4.72. The second-order valence-corrected chi connectivity index (χ2v) is 5.73. The van der Waals surface area contributed by atoms with Gasteiger partial charge in [-0.25, -0.2) is 0 Å². The van der Waals surface area contributed by atoms with Gasteiger partial charge in [0.2, 0.25) is 0 Å². The molecule has 3 heteroatoms. The van der Waals surface area contributed by atoms with Crippen LogP contribution in [0.5, 0.6) is 0 Å². The minimum Gasteiger partial charge on any atom is -0.379 e. The number of rotatable bonds is 1. The van der Waals surface area contributed by atoms with Gasteiger partial charge < -0.3 is 10.1 Å². The van der Waals surface area contributed by atoms with E-state index in [0.717, 1.165) is 26.3 Å². The van der Waals surface area contributed by atoms with Gasteiger partial charge in [-0.2, -0.15) is 0 Å². The predicted octanol–water partition coefficient (Wildman–Crippen LogP) is 1.41. The van der Waals surface area contributed by atoms with Crippen molar-refractivity contribution in [2.24, 2.45) is 5.41 Å². The normalized spacial score (nSPS) is 34.0. The van der Waals surface area contributed by atoms with Crippen LogP contribution in [0.1, 0.15) is 25.7 Å². The summed E-state index contributed by atoms with van der Waals surface area (Å²) < 4.78 is 5.43. The van der Waals surface area contributed by atoms with Gasteiger partial charge in [0.1, 0.15) is 0 Å². The molecule has 2 fully saturated rings. The molecule has 0 aromatic rings. The second-order valence-electron chi connectivity index (χ2n) is 5.73. The summed E-state index contributed by atoms with van der Waals surface area (Å²) in [4.78, 5) is 2.59. The Hall–Kier alpha value is -0.380. The molecule has 3 aliphatic rings.